The lowest BCUT2D eigenvalue weighted by Gasteiger charge is -1.97. The number of thioether (sulfide) groups is 1. The zero-order valence-corrected chi connectivity index (χ0v) is 10.5. The average molecular weight is 266 g/mol. The Morgan fingerprint density at radius 3 is 2.72 bits per heavy atom. The molecule has 0 aliphatic rings. The molecule has 0 aliphatic carbocycles. The number of hydrogen-bond acceptors (Lipinski definition) is 3. The lowest BCUT2D eigenvalue weighted by molar-refractivity contribution is -0.109. The summed E-state index contributed by atoms with van der Waals surface area (Å²) in [5.41, 5.74) is 0.0537. The van der Waals surface area contributed by atoms with E-state index in [0.717, 1.165) is 6.07 Å². The molecule has 0 heterocycles. The summed E-state index contributed by atoms with van der Waals surface area (Å²) >= 11 is 1.18. The molecule has 18 heavy (non-hydrogen) atoms. The lowest BCUT2D eigenvalue weighted by Crippen LogP contribution is -2.00. The minimum atomic E-state index is -1.30. The number of aromatic carboxylic acids is 1. The first-order valence-electron chi connectivity index (χ1n) is 5.16. The van der Waals surface area contributed by atoms with Crippen molar-refractivity contribution in [3.8, 4) is 11.8 Å². The van der Waals surface area contributed by atoms with E-state index >= 15 is 0 Å². The molecule has 5 heteroatoms. The van der Waals surface area contributed by atoms with Crippen LogP contribution in [0.2, 0.25) is 0 Å². The van der Waals surface area contributed by atoms with Crippen molar-refractivity contribution in [2.75, 3.05) is 5.75 Å². The zero-order valence-electron chi connectivity index (χ0n) is 9.70. The van der Waals surface area contributed by atoms with Crippen molar-refractivity contribution in [2.24, 2.45) is 0 Å². The fourth-order valence-corrected chi connectivity index (χ4v) is 1.67. The van der Waals surface area contributed by atoms with E-state index in [4.69, 9.17) is 5.11 Å². The third-order valence-electron chi connectivity index (χ3n) is 1.96. The van der Waals surface area contributed by atoms with E-state index in [0.29, 0.717) is 17.7 Å². The highest BCUT2D eigenvalue weighted by molar-refractivity contribution is 8.13. The number of halogens is 1. The molecule has 1 N–H and O–H groups in total. The summed E-state index contributed by atoms with van der Waals surface area (Å²) in [7, 11) is 0. The average Bonchev–Trinajstić information content (AvgIpc) is 2.27. The van der Waals surface area contributed by atoms with Crippen LogP contribution in [0.4, 0.5) is 4.39 Å². The second-order valence-corrected chi connectivity index (χ2v) is 4.66. The van der Waals surface area contributed by atoms with Crippen molar-refractivity contribution in [3.05, 3.63) is 35.1 Å². The maximum Gasteiger partial charge on any atom is 0.338 e. The molecule has 0 aliphatic heterocycles. The van der Waals surface area contributed by atoms with Crippen molar-refractivity contribution in [1.82, 2.24) is 0 Å². The predicted molar refractivity (Wildman–Crippen MR) is 68.0 cm³/mol. The molecular formula is C13H11FO3S. The highest BCUT2D eigenvalue weighted by Gasteiger charge is 2.09. The molecule has 3 nitrogen and oxygen atoms in total. The number of carbonyl (C=O) groups excluding carboxylic acids is 1. The molecule has 0 spiro atoms. The largest absolute Gasteiger partial charge is 0.478 e. The summed E-state index contributed by atoms with van der Waals surface area (Å²) in [5, 5.41) is 8.68. The third-order valence-corrected chi connectivity index (χ3v) is 2.78. The minimum Gasteiger partial charge on any atom is -0.478 e. The number of carboxylic acid groups (broad SMARTS) is 1. The van der Waals surface area contributed by atoms with Gasteiger partial charge in [-0.1, -0.05) is 23.6 Å². The summed E-state index contributed by atoms with van der Waals surface area (Å²) in [6.45, 7) is 1.48. The Kier molecular flexibility index (Phi) is 5.40. The molecule has 0 radical (unpaired) electrons. The number of rotatable bonds is 3. The third kappa shape index (κ3) is 4.60. The van der Waals surface area contributed by atoms with Crippen LogP contribution < -0.4 is 0 Å². The summed E-state index contributed by atoms with van der Waals surface area (Å²) < 4.78 is 13.3. The molecule has 0 saturated carbocycles. The normalized spacial score (nSPS) is 9.44. The van der Waals surface area contributed by atoms with E-state index in [1.165, 1.54) is 30.8 Å². The van der Waals surface area contributed by atoms with E-state index in [2.05, 4.69) is 11.8 Å². The van der Waals surface area contributed by atoms with Gasteiger partial charge in [-0.15, -0.1) is 0 Å². The number of carbonyl (C=O) groups is 2. The van der Waals surface area contributed by atoms with Gasteiger partial charge in [0.2, 0.25) is 0 Å². The second-order valence-electron chi connectivity index (χ2n) is 3.39. The summed E-state index contributed by atoms with van der Waals surface area (Å²) in [5.74, 6) is 4.01. The molecule has 0 unspecified atom stereocenters. The van der Waals surface area contributed by atoms with Crippen LogP contribution in [0.15, 0.2) is 18.2 Å². The molecule has 0 amide bonds. The minimum absolute atomic E-state index is 0.0358. The predicted octanol–water partition coefficient (Wildman–Crippen LogP) is 2.55. The quantitative estimate of drug-likeness (QED) is 0.674. The van der Waals surface area contributed by atoms with Crippen molar-refractivity contribution < 1.29 is 19.1 Å². The molecule has 0 atom stereocenters. The van der Waals surface area contributed by atoms with Gasteiger partial charge in [0.05, 0.1) is 5.56 Å². The smallest absolute Gasteiger partial charge is 0.338 e. The van der Waals surface area contributed by atoms with E-state index in [9.17, 15) is 14.0 Å². The van der Waals surface area contributed by atoms with Crippen LogP contribution >= 0.6 is 11.8 Å². The highest BCUT2D eigenvalue weighted by Crippen LogP contribution is 2.10. The molecule has 94 valence electrons. The van der Waals surface area contributed by atoms with Gasteiger partial charge in [0.25, 0.3) is 0 Å². The van der Waals surface area contributed by atoms with Gasteiger partial charge in [-0.05, 0) is 18.2 Å². The monoisotopic (exact) mass is 266 g/mol. The van der Waals surface area contributed by atoms with Crippen molar-refractivity contribution in [1.29, 1.82) is 0 Å². The summed E-state index contributed by atoms with van der Waals surface area (Å²) in [4.78, 5) is 21.2. The van der Waals surface area contributed by atoms with Gasteiger partial charge in [0.15, 0.2) is 5.12 Å². The fourth-order valence-electron chi connectivity index (χ4n) is 1.18. The first-order chi connectivity index (χ1) is 8.50. The van der Waals surface area contributed by atoms with Gasteiger partial charge in [-0.3, -0.25) is 4.79 Å². The van der Waals surface area contributed by atoms with Crippen LogP contribution in [-0.2, 0) is 4.79 Å². The molecule has 1 rings (SSSR count). The van der Waals surface area contributed by atoms with Gasteiger partial charge in [-0.2, -0.15) is 0 Å². The second kappa shape index (κ2) is 6.82. The fraction of sp³-hybridized carbons (Fsp3) is 0.231. The van der Waals surface area contributed by atoms with Gasteiger partial charge in [0, 0.05) is 24.7 Å². The molecule has 0 fully saturated rings. The Hall–Kier alpha value is -1.80. The topological polar surface area (TPSA) is 54.4 Å². The molecular weight excluding hydrogens is 255 g/mol. The zero-order chi connectivity index (χ0) is 13.5. The van der Waals surface area contributed by atoms with Gasteiger partial charge in [-0.25, -0.2) is 9.18 Å². The Morgan fingerprint density at radius 1 is 1.44 bits per heavy atom. The Bertz CT molecular complexity index is 529. The molecule has 0 saturated heterocycles. The van der Waals surface area contributed by atoms with Crippen molar-refractivity contribution >= 4 is 22.8 Å². The van der Waals surface area contributed by atoms with Crippen molar-refractivity contribution in [3.63, 3.8) is 0 Å². The maximum atomic E-state index is 13.3. The summed E-state index contributed by atoms with van der Waals surface area (Å²) in [6.07, 6.45) is 0.520. The van der Waals surface area contributed by atoms with Gasteiger partial charge in [0.1, 0.15) is 5.82 Å². The van der Waals surface area contributed by atoms with Crippen molar-refractivity contribution in [2.45, 2.75) is 13.3 Å². The van der Waals surface area contributed by atoms with E-state index in [1.807, 2.05) is 0 Å². The van der Waals surface area contributed by atoms with Crippen LogP contribution in [-0.4, -0.2) is 21.9 Å². The van der Waals surface area contributed by atoms with Crippen LogP contribution in [0.3, 0.4) is 0 Å². The van der Waals surface area contributed by atoms with Crippen LogP contribution in [0.5, 0.6) is 0 Å². The van der Waals surface area contributed by atoms with Crippen LogP contribution in [0.25, 0.3) is 0 Å². The number of hydrogen-bond donors (Lipinski definition) is 1. The highest BCUT2D eigenvalue weighted by atomic mass is 32.2. The standard InChI is InChI=1S/C13H11FO3S/c1-9(15)18-7-3-2-4-10-5-6-11(13(16)17)12(14)8-10/h5-6,8H,3,7H2,1H3,(H,16,17). The molecule has 0 bridgehead atoms. The molecule has 0 aromatic heterocycles. The molecule has 1 aromatic rings. The van der Waals surface area contributed by atoms with Crippen LogP contribution in [0.1, 0.15) is 29.3 Å². The maximum absolute atomic E-state index is 13.3. The Morgan fingerprint density at radius 2 is 2.17 bits per heavy atom. The van der Waals surface area contributed by atoms with Crippen LogP contribution in [0, 0.1) is 17.7 Å². The number of benzene rings is 1. The Labute approximate surface area is 108 Å². The van der Waals surface area contributed by atoms with E-state index in [-0.39, 0.29) is 10.7 Å². The molecule has 1 aromatic carbocycles. The SMILES string of the molecule is CC(=O)SCCC#Cc1ccc(C(=O)O)c(F)c1. The first kappa shape index (κ1) is 14.3. The summed E-state index contributed by atoms with van der Waals surface area (Å²) in [6, 6.07) is 3.73. The first-order valence-corrected chi connectivity index (χ1v) is 6.14. The lowest BCUT2D eigenvalue weighted by atomic mass is 10.1. The number of carboxylic acids is 1. The van der Waals surface area contributed by atoms with Gasteiger partial charge >= 0.3 is 5.97 Å². The van der Waals surface area contributed by atoms with Gasteiger partial charge < -0.3 is 5.11 Å². The van der Waals surface area contributed by atoms with E-state index < -0.39 is 11.8 Å². The Balaban J connectivity index is 2.64. The van der Waals surface area contributed by atoms with E-state index in [1.54, 1.807) is 0 Å².